The van der Waals surface area contributed by atoms with Gasteiger partial charge in [-0.15, -0.1) is 0 Å². The molecule has 12 aromatic rings. The Kier molecular flexibility index (Phi) is 8.53. The van der Waals surface area contributed by atoms with E-state index in [0.717, 1.165) is 61.3 Å². The molecule has 0 saturated carbocycles. The molecule has 0 spiro atoms. The van der Waals surface area contributed by atoms with Crippen molar-refractivity contribution in [2.75, 3.05) is 4.90 Å². The minimum Gasteiger partial charge on any atom is -0.456 e. The lowest BCUT2D eigenvalue weighted by Gasteiger charge is -2.28. The Balaban J connectivity index is 0.950. The fourth-order valence-electron chi connectivity index (χ4n) is 9.37. The molecular weight excluding hydrogens is 751 g/mol. The Hall–Kier alpha value is -8.20. The molecule has 0 aliphatic carbocycles. The SMILES string of the molecule is c1cc(-c2ccc(-c3ccc4c(ccc5ccccc54)c3)cc2)cc(N(c2ccc(-c3cccc4oc5ccccc5c34)cc2)c2ccccc2-c2ccc3ccccc3c2)c1. The quantitative estimate of drug-likeness (QED) is 0.150. The van der Waals surface area contributed by atoms with Crippen molar-refractivity contribution in [3.63, 3.8) is 0 Å². The lowest BCUT2D eigenvalue weighted by Crippen LogP contribution is -2.11. The highest BCUT2D eigenvalue weighted by atomic mass is 16.3. The molecule has 0 bridgehead atoms. The third kappa shape index (κ3) is 6.20. The average Bonchev–Trinajstić information content (AvgIpc) is 3.73. The van der Waals surface area contributed by atoms with Crippen LogP contribution in [0, 0.1) is 0 Å². The number of para-hydroxylation sites is 2. The zero-order valence-corrected chi connectivity index (χ0v) is 33.9. The highest BCUT2D eigenvalue weighted by Crippen LogP contribution is 2.44. The van der Waals surface area contributed by atoms with Crippen molar-refractivity contribution >= 4 is 71.3 Å². The Morgan fingerprint density at radius 1 is 0.274 bits per heavy atom. The molecule has 12 rings (SSSR count). The van der Waals surface area contributed by atoms with Gasteiger partial charge in [0.15, 0.2) is 0 Å². The molecule has 1 aromatic heterocycles. The van der Waals surface area contributed by atoms with E-state index in [9.17, 15) is 0 Å². The molecule has 0 N–H and O–H groups in total. The van der Waals surface area contributed by atoms with Gasteiger partial charge in [-0.05, 0) is 126 Å². The number of nitrogens with zero attached hydrogens (tertiary/aromatic N) is 1. The summed E-state index contributed by atoms with van der Waals surface area (Å²) in [4.78, 5) is 2.40. The van der Waals surface area contributed by atoms with Crippen LogP contribution in [0.1, 0.15) is 0 Å². The molecular formula is C60H39NO. The summed E-state index contributed by atoms with van der Waals surface area (Å²) in [5.74, 6) is 0. The van der Waals surface area contributed by atoms with Crippen molar-refractivity contribution in [3.05, 3.63) is 237 Å². The molecule has 0 amide bonds. The molecule has 1 heterocycles. The van der Waals surface area contributed by atoms with Crippen molar-refractivity contribution < 1.29 is 4.42 Å². The first-order valence-corrected chi connectivity index (χ1v) is 21.2. The molecule has 0 fully saturated rings. The maximum atomic E-state index is 6.27. The smallest absolute Gasteiger partial charge is 0.136 e. The maximum absolute atomic E-state index is 6.27. The zero-order valence-electron chi connectivity index (χ0n) is 33.9. The van der Waals surface area contributed by atoms with Crippen LogP contribution in [0.4, 0.5) is 17.1 Å². The number of furan rings is 1. The summed E-state index contributed by atoms with van der Waals surface area (Å²) in [6.45, 7) is 0. The van der Waals surface area contributed by atoms with Gasteiger partial charge >= 0.3 is 0 Å². The van der Waals surface area contributed by atoms with Gasteiger partial charge in [-0.25, -0.2) is 0 Å². The van der Waals surface area contributed by atoms with E-state index in [0.29, 0.717) is 0 Å². The first-order chi connectivity index (χ1) is 30.7. The van der Waals surface area contributed by atoms with E-state index in [1.165, 1.54) is 54.6 Å². The third-order valence-corrected chi connectivity index (χ3v) is 12.4. The normalized spacial score (nSPS) is 11.5. The molecule has 290 valence electrons. The van der Waals surface area contributed by atoms with Gasteiger partial charge in [0, 0.05) is 27.7 Å². The summed E-state index contributed by atoms with van der Waals surface area (Å²) in [7, 11) is 0. The van der Waals surface area contributed by atoms with E-state index in [1.54, 1.807) is 0 Å². The fraction of sp³-hybridized carbons (Fsp3) is 0. The summed E-state index contributed by atoms with van der Waals surface area (Å²) < 4.78 is 6.27. The maximum Gasteiger partial charge on any atom is 0.136 e. The summed E-state index contributed by atoms with van der Waals surface area (Å²) in [5, 5.41) is 9.81. The number of anilines is 3. The van der Waals surface area contributed by atoms with Crippen LogP contribution in [0.5, 0.6) is 0 Å². The van der Waals surface area contributed by atoms with Crippen LogP contribution in [0.3, 0.4) is 0 Å². The topological polar surface area (TPSA) is 16.4 Å². The molecule has 0 radical (unpaired) electrons. The number of fused-ring (bicyclic) bond motifs is 7. The van der Waals surface area contributed by atoms with Gasteiger partial charge in [-0.1, -0.05) is 182 Å². The average molecular weight is 790 g/mol. The first kappa shape index (κ1) is 35.7. The van der Waals surface area contributed by atoms with Crippen molar-refractivity contribution in [1.29, 1.82) is 0 Å². The standard InChI is InChI=1S/C60H39NO/c1-2-13-45-37-49(29-27-40(45)11-1)54-17-5-7-20-57(54)61(50-34-31-44(32-35-50)55-19-10-22-59-60(55)56-18-6-8-21-58(56)62-59)51-15-9-14-46(39-51)41-23-25-42(26-24-41)47-33-36-53-48(38-47)30-28-43-12-3-4-16-52(43)53/h1-39H. The largest absolute Gasteiger partial charge is 0.456 e. The van der Waals surface area contributed by atoms with Crippen molar-refractivity contribution in [3.8, 4) is 44.5 Å². The second-order valence-corrected chi connectivity index (χ2v) is 16.1. The lowest BCUT2D eigenvalue weighted by molar-refractivity contribution is 0.669. The van der Waals surface area contributed by atoms with Crippen LogP contribution < -0.4 is 4.90 Å². The zero-order chi connectivity index (χ0) is 41.0. The summed E-state index contributed by atoms with van der Waals surface area (Å²) in [6.07, 6.45) is 0. The minimum atomic E-state index is 0.898. The predicted molar refractivity (Wildman–Crippen MR) is 263 cm³/mol. The van der Waals surface area contributed by atoms with Gasteiger partial charge in [0.25, 0.3) is 0 Å². The van der Waals surface area contributed by atoms with E-state index in [2.05, 4.69) is 229 Å². The van der Waals surface area contributed by atoms with E-state index < -0.39 is 0 Å². The van der Waals surface area contributed by atoms with Crippen LogP contribution in [0.2, 0.25) is 0 Å². The number of benzene rings is 11. The predicted octanol–water partition coefficient (Wildman–Crippen LogP) is 17.2. The van der Waals surface area contributed by atoms with Gasteiger partial charge in [-0.3, -0.25) is 0 Å². The Morgan fingerprint density at radius 2 is 0.839 bits per heavy atom. The monoisotopic (exact) mass is 789 g/mol. The minimum absolute atomic E-state index is 0.898. The van der Waals surface area contributed by atoms with Gasteiger partial charge in [0.1, 0.15) is 11.2 Å². The van der Waals surface area contributed by atoms with E-state index in [4.69, 9.17) is 4.42 Å². The Labute approximate surface area is 360 Å². The van der Waals surface area contributed by atoms with Crippen molar-refractivity contribution in [1.82, 2.24) is 0 Å². The second-order valence-electron chi connectivity index (χ2n) is 16.1. The Morgan fingerprint density at radius 3 is 1.69 bits per heavy atom. The lowest BCUT2D eigenvalue weighted by atomic mass is 9.96. The van der Waals surface area contributed by atoms with Crippen LogP contribution >= 0.6 is 0 Å². The molecule has 11 aromatic carbocycles. The molecule has 0 aliphatic rings. The van der Waals surface area contributed by atoms with Crippen LogP contribution in [0.25, 0.3) is 98.8 Å². The van der Waals surface area contributed by atoms with Gasteiger partial charge in [-0.2, -0.15) is 0 Å². The van der Waals surface area contributed by atoms with Gasteiger partial charge in [0.05, 0.1) is 5.69 Å². The van der Waals surface area contributed by atoms with Crippen LogP contribution in [-0.2, 0) is 0 Å². The van der Waals surface area contributed by atoms with E-state index in [-0.39, 0.29) is 0 Å². The van der Waals surface area contributed by atoms with E-state index >= 15 is 0 Å². The summed E-state index contributed by atoms with van der Waals surface area (Å²) in [6, 6.07) is 85.6. The first-order valence-electron chi connectivity index (χ1n) is 21.2. The number of rotatable bonds is 7. The highest BCUT2D eigenvalue weighted by molar-refractivity contribution is 6.12. The fourth-order valence-corrected chi connectivity index (χ4v) is 9.37. The van der Waals surface area contributed by atoms with Gasteiger partial charge in [0.2, 0.25) is 0 Å². The van der Waals surface area contributed by atoms with Crippen molar-refractivity contribution in [2.45, 2.75) is 0 Å². The number of hydrogen-bond donors (Lipinski definition) is 0. The molecule has 0 saturated heterocycles. The summed E-state index contributed by atoms with van der Waals surface area (Å²) >= 11 is 0. The van der Waals surface area contributed by atoms with Crippen LogP contribution in [0.15, 0.2) is 241 Å². The summed E-state index contributed by atoms with van der Waals surface area (Å²) in [5.41, 5.74) is 14.4. The second kappa shape index (κ2) is 14.8. The molecule has 2 heteroatoms. The highest BCUT2D eigenvalue weighted by Gasteiger charge is 2.19. The molecule has 62 heavy (non-hydrogen) atoms. The molecule has 2 nitrogen and oxygen atoms in total. The van der Waals surface area contributed by atoms with E-state index in [1.807, 2.05) is 12.1 Å². The molecule has 0 unspecified atom stereocenters. The van der Waals surface area contributed by atoms with Gasteiger partial charge < -0.3 is 9.32 Å². The third-order valence-electron chi connectivity index (χ3n) is 12.4. The number of hydrogen-bond acceptors (Lipinski definition) is 2. The van der Waals surface area contributed by atoms with Crippen LogP contribution in [-0.4, -0.2) is 0 Å². The molecule has 0 aliphatic heterocycles. The van der Waals surface area contributed by atoms with Crippen molar-refractivity contribution in [2.24, 2.45) is 0 Å². The molecule has 0 atom stereocenters. The Bertz CT molecular complexity index is 3630.